The summed E-state index contributed by atoms with van der Waals surface area (Å²) >= 11 is 0. The minimum absolute atomic E-state index is 0.138. The Morgan fingerprint density at radius 2 is 2.15 bits per heavy atom. The Bertz CT molecular complexity index is 715. The summed E-state index contributed by atoms with van der Waals surface area (Å²) in [5.41, 5.74) is 2.34. The summed E-state index contributed by atoms with van der Waals surface area (Å²) < 4.78 is 11.4. The maximum absolute atomic E-state index is 6.04. The van der Waals surface area contributed by atoms with Crippen molar-refractivity contribution in [3.8, 4) is 0 Å². The van der Waals surface area contributed by atoms with Gasteiger partial charge in [-0.1, -0.05) is 5.16 Å². The van der Waals surface area contributed by atoms with Crippen molar-refractivity contribution in [3.63, 3.8) is 0 Å². The topological polar surface area (TPSA) is 67.5 Å². The van der Waals surface area contributed by atoms with Crippen LogP contribution in [0.5, 0.6) is 0 Å². The normalized spacial score (nSPS) is 24.8. The predicted molar refractivity (Wildman–Crippen MR) is 98.0 cm³/mol. The minimum Gasteiger partial charge on any atom is -0.379 e. The van der Waals surface area contributed by atoms with Crippen LogP contribution >= 0.6 is 0 Å². The highest BCUT2D eigenvalue weighted by Gasteiger charge is 2.39. The number of nitrogens with zero attached hydrogens (tertiary/aromatic N) is 5. The Morgan fingerprint density at radius 3 is 2.92 bits per heavy atom. The van der Waals surface area contributed by atoms with Crippen molar-refractivity contribution < 1.29 is 9.26 Å². The quantitative estimate of drug-likeness (QED) is 0.834. The van der Waals surface area contributed by atoms with E-state index in [1.54, 1.807) is 6.33 Å². The Balaban J connectivity index is 1.51. The molecule has 2 saturated heterocycles. The molecular weight excluding hydrogens is 330 g/mol. The van der Waals surface area contributed by atoms with Crippen molar-refractivity contribution in [1.29, 1.82) is 0 Å². The molecule has 0 amide bonds. The van der Waals surface area contributed by atoms with Gasteiger partial charge in [-0.15, -0.1) is 0 Å². The van der Waals surface area contributed by atoms with Crippen molar-refractivity contribution in [1.82, 2.24) is 20.0 Å². The predicted octanol–water partition coefficient (Wildman–Crippen LogP) is 2.20. The van der Waals surface area contributed by atoms with Crippen LogP contribution in [0.2, 0.25) is 0 Å². The van der Waals surface area contributed by atoms with E-state index >= 15 is 0 Å². The van der Waals surface area contributed by atoms with E-state index in [1.165, 1.54) is 12.0 Å². The van der Waals surface area contributed by atoms with Crippen LogP contribution in [-0.4, -0.2) is 59.4 Å². The van der Waals surface area contributed by atoms with Crippen LogP contribution in [0.25, 0.3) is 0 Å². The number of hydrogen-bond donors (Lipinski definition) is 0. The largest absolute Gasteiger partial charge is 0.379 e. The van der Waals surface area contributed by atoms with Crippen LogP contribution in [0.1, 0.15) is 29.9 Å². The molecular formula is C19H27N5O2. The summed E-state index contributed by atoms with van der Waals surface area (Å²) in [5, 5.41) is 4.11. The summed E-state index contributed by atoms with van der Waals surface area (Å²) in [4.78, 5) is 13.4. The first-order valence-corrected chi connectivity index (χ1v) is 9.38. The van der Waals surface area contributed by atoms with E-state index in [0.29, 0.717) is 0 Å². The van der Waals surface area contributed by atoms with Gasteiger partial charge in [0.25, 0.3) is 0 Å². The first-order chi connectivity index (χ1) is 12.7. The third-order valence-electron chi connectivity index (χ3n) is 5.63. The lowest BCUT2D eigenvalue weighted by atomic mass is 9.80. The second kappa shape index (κ2) is 7.32. The summed E-state index contributed by atoms with van der Waals surface area (Å²) in [5.74, 6) is 1.94. The van der Waals surface area contributed by atoms with Crippen molar-refractivity contribution in [2.75, 3.05) is 44.3 Å². The highest BCUT2D eigenvalue weighted by Crippen LogP contribution is 2.35. The van der Waals surface area contributed by atoms with Crippen LogP contribution in [0, 0.1) is 19.3 Å². The molecule has 1 unspecified atom stereocenters. The van der Waals surface area contributed by atoms with E-state index in [4.69, 9.17) is 9.26 Å². The molecule has 2 aromatic rings. The molecule has 4 rings (SSSR count). The molecule has 0 N–H and O–H groups in total. The summed E-state index contributed by atoms with van der Waals surface area (Å²) in [6.07, 6.45) is 5.79. The molecule has 0 bridgehead atoms. The number of piperidine rings is 1. The van der Waals surface area contributed by atoms with Gasteiger partial charge < -0.3 is 14.2 Å². The molecule has 2 aromatic heterocycles. The lowest BCUT2D eigenvalue weighted by Gasteiger charge is -2.44. The zero-order chi connectivity index (χ0) is 18.0. The monoisotopic (exact) mass is 357 g/mol. The van der Waals surface area contributed by atoms with Crippen molar-refractivity contribution in [2.24, 2.45) is 5.41 Å². The van der Waals surface area contributed by atoms with Gasteiger partial charge in [-0.2, -0.15) is 0 Å². The zero-order valence-corrected chi connectivity index (χ0v) is 15.6. The summed E-state index contributed by atoms with van der Waals surface area (Å²) in [7, 11) is 0. The average Bonchev–Trinajstić information content (AvgIpc) is 2.86. The second-order valence-electron chi connectivity index (χ2n) is 7.66. The Labute approximate surface area is 154 Å². The van der Waals surface area contributed by atoms with E-state index < -0.39 is 0 Å². The van der Waals surface area contributed by atoms with E-state index in [9.17, 15) is 0 Å². The highest BCUT2D eigenvalue weighted by atomic mass is 16.5. The standard InChI is InChI=1S/C19H27N5O2/c1-15-17(16(2)26-22-15)10-23-8-9-25-13-19(11-23)5-3-7-24(12-19)18-4-6-20-14-21-18/h4,6,14H,3,5,7-13H2,1-2H3. The lowest BCUT2D eigenvalue weighted by molar-refractivity contribution is 0.0555. The van der Waals surface area contributed by atoms with Crippen LogP contribution in [0.15, 0.2) is 23.1 Å². The minimum atomic E-state index is 0.138. The molecule has 0 aromatic carbocycles. The first-order valence-electron chi connectivity index (χ1n) is 9.38. The average molecular weight is 357 g/mol. The molecule has 26 heavy (non-hydrogen) atoms. The van der Waals surface area contributed by atoms with Gasteiger partial charge >= 0.3 is 0 Å². The van der Waals surface area contributed by atoms with Crippen LogP contribution in [0.4, 0.5) is 5.82 Å². The molecule has 0 aliphatic carbocycles. The smallest absolute Gasteiger partial charge is 0.138 e. The first kappa shape index (κ1) is 17.4. The molecule has 1 atom stereocenters. The van der Waals surface area contributed by atoms with Crippen LogP contribution in [-0.2, 0) is 11.3 Å². The fraction of sp³-hybridized carbons (Fsp3) is 0.632. The fourth-order valence-corrected chi connectivity index (χ4v) is 4.29. The van der Waals surface area contributed by atoms with Crippen molar-refractivity contribution >= 4 is 5.82 Å². The number of hydrogen-bond acceptors (Lipinski definition) is 7. The van der Waals surface area contributed by atoms with E-state index in [1.807, 2.05) is 26.1 Å². The van der Waals surface area contributed by atoms with Gasteiger partial charge in [-0.25, -0.2) is 9.97 Å². The van der Waals surface area contributed by atoms with Gasteiger partial charge in [0.05, 0.1) is 18.9 Å². The van der Waals surface area contributed by atoms with Crippen LogP contribution in [0.3, 0.4) is 0 Å². The van der Waals surface area contributed by atoms with Gasteiger partial charge in [0.2, 0.25) is 0 Å². The molecule has 1 spiro atoms. The molecule has 2 fully saturated rings. The van der Waals surface area contributed by atoms with E-state index in [2.05, 4.69) is 24.9 Å². The maximum atomic E-state index is 6.04. The van der Waals surface area contributed by atoms with Crippen molar-refractivity contribution in [2.45, 2.75) is 33.2 Å². The third-order valence-corrected chi connectivity index (χ3v) is 5.63. The van der Waals surface area contributed by atoms with Crippen LogP contribution < -0.4 is 4.90 Å². The van der Waals surface area contributed by atoms with Gasteiger partial charge in [0.15, 0.2) is 0 Å². The Hall–Kier alpha value is -1.99. The second-order valence-corrected chi connectivity index (χ2v) is 7.66. The number of rotatable bonds is 3. The molecule has 0 radical (unpaired) electrons. The number of anilines is 1. The molecule has 2 aliphatic heterocycles. The van der Waals surface area contributed by atoms with Gasteiger partial charge in [0.1, 0.15) is 17.9 Å². The number of aryl methyl sites for hydroxylation is 2. The van der Waals surface area contributed by atoms with E-state index in [-0.39, 0.29) is 5.41 Å². The molecule has 7 heteroatoms. The molecule has 140 valence electrons. The summed E-state index contributed by atoms with van der Waals surface area (Å²) in [6, 6.07) is 2.00. The van der Waals surface area contributed by atoms with Gasteiger partial charge in [0, 0.05) is 49.9 Å². The SMILES string of the molecule is Cc1noc(C)c1CN1CCOCC2(CCCN(c3ccncn3)C2)C1. The molecule has 4 heterocycles. The molecule has 7 nitrogen and oxygen atoms in total. The Morgan fingerprint density at radius 1 is 1.23 bits per heavy atom. The highest BCUT2D eigenvalue weighted by molar-refractivity contribution is 5.37. The summed E-state index contributed by atoms with van der Waals surface area (Å²) in [6.45, 7) is 10.5. The van der Waals surface area contributed by atoms with Gasteiger partial charge in [-0.3, -0.25) is 4.90 Å². The van der Waals surface area contributed by atoms with Gasteiger partial charge in [-0.05, 0) is 32.8 Å². The zero-order valence-electron chi connectivity index (χ0n) is 15.6. The fourth-order valence-electron chi connectivity index (χ4n) is 4.29. The lowest BCUT2D eigenvalue weighted by Crippen LogP contribution is -2.50. The number of ether oxygens (including phenoxy) is 1. The Kier molecular flexibility index (Phi) is 4.91. The molecule has 0 saturated carbocycles. The maximum Gasteiger partial charge on any atom is 0.138 e. The van der Waals surface area contributed by atoms with Crippen molar-refractivity contribution in [3.05, 3.63) is 35.6 Å². The number of aromatic nitrogens is 3. The molecule has 2 aliphatic rings. The van der Waals surface area contributed by atoms with E-state index in [0.717, 1.165) is 69.6 Å². The third kappa shape index (κ3) is 3.59.